The number of nitrogens with one attached hydrogen (secondary N) is 2. The first-order chi connectivity index (χ1) is 10.3. The molecule has 1 unspecified atom stereocenters. The molecule has 1 heterocycles. The lowest BCUT2D eigenvalue weighted by atomic mass is 10.1. The standard InChI is InChI=1S/C12H16N4O6/c13-8(17)2-1-7(11(20)21)14-9(18)3-5-16-6-4-10(19)15-12(16)22/h4,6-7H,1-3,5H2,(H2,13,17)(H,14,18)(H,20,21)(H,15,19,22). The van der Waals surface area contributed by atoms with Gasteiger partial charge >= 0.3 is 11.7 Å². The van der Waals surface area contributed by atoms with Crippen LogP contribution < -0.4 is 22.3 Å². The number of aliphatic carboxylic acids is 1. The van der Waals surface area contributed by atoms with Gasteiger partial charge in [0.25, 0.3) is 5.56 Å². The molecule has 0 aliphatic heterocycles. The molecular weight excluding hydrogens is 296 g/mol. The van der Waals surface area contributed by atoms with Gasteiger partial charge in [-0.1, -0.05) is 0 Å². The molecule has 0 saturated carbocycles. The van der Waals surface area contributed by atoms with Gasteiger partial charge in [0, 0.05) is 31.6 Å². The number of carboxylic acids is 1. The second kappa shape index (κ2) is 7.76. The lowest BCUT2D eigenvalue weighted by Crippen LogP contribution is -2.42. The number of H-pyrrole nitrogens is 1. The number of primary amides is 1. The van der Waals surface area contributed by atoms with Gasteiger partial charge in [0.05, 0.1) is 0 Å². The van der Waals surface area contributed by atoms with Gasteiger partial charge in [-0.25, -0.2) is 9.59 Å². The molecule has 22 heavy (non-hydrogen) atoms. The molecule has 0 saturated heterocycles. The summed E-state index contributed by atoms with van der Waals surface area (Å²) in [5.74, 6) is -2.55. The molecule has 0 aliphatic carbocycles. The number of nitrogens with two attached hydrogens (primary N) is 1. The number of hydrogen-bond donors (Lipinski definition) is 4. The van der Waals surface area contributed by atoms with Crippen molar-refractivity contribution in [2.24, 2.45) is 5.73 Å². The summed E-state index contributed by atoms with van der Waals surface area (Å²) in [6.45, 7) is -0.0242. The maximum Gasteiger partial charge on any atom is 0.328 e. The van der Waals surface area contributed by atoms with Crippen molar-refractivity contribution in [3.8, 4) is 0 Å². The molecule has 0 fully saturated rings. The molecular formula is C12H16N4O6. The first kappa shape index (κ1) is 17.1. The topological polar surface area (TPSA) is 164 Å². The summed E-state index contributed by atoms with van der Waals surface area (Å²) in [7, 11) is 0. The lowest BCUT2D eigenvalue weighted by molar-refractivity contribution is -0.142. The number of carbonyl (C=O) groups is 3. The van der Waals surface area contributed by atoms with E-state index in [1.54, 1.807) is 0 Å². The summed E-state index contributed by atoms with van der Waals surface area (Å²) in [4.78, 5) is 57.6. The lowest BCUT2D eigenvalue weighted by Gasteiger charge is -2.13. The van der Waals surface area contributed by atoms with Gasteiger partial charge in [0.2, 0.25) is 11.8 Å². The fraction of sp³-hybridized carbons (Fsp3) is 0.417. The predicted molar refractivity (Wildman–Crippen MR) is 73.9 cm³/mol. The molecule has 0 aromatic carbocycles. The molecule has 1 aromatic heterocycles. The van der Waals surface area contributed by atoms with Crippen LogP contribution in [0.4, 0.5) is 0 Å². The van der Waals surface area contributed by atoms with Crippen molar-refractivity contribution in [1.82, 2.24) is 14.9 Å². The van der Waals surface area contributed by atoms with Crippen LogP contribution in [-0.2, 0) is 20.9 Å². The SMILES string of the molecule is NC(=O)CCC(NC(=O)CCn1ccc(=O)[nH]c1=O)C(=O)O. The molecule has 2 amide bonds. The molecule has 0 spiro atoms. The van der Waals surface area contributed by atoms with Crippen molar-refractivity contribution in [2.75, 3.05) is 0 Å². The third kappa shape index (κ3) is 5.61. The zero-order chi connectivity index (χ0) is 16.7. The number of aromatic nitrogens is 2. The minimum Gasteiger partial charge on any atom is -0.480 e. The van der Waals surface area contributed by atoms with Crippen molar-refractivity contribution < 1.29 is 19.5 Å². The Morgan fingerprint density at radius 3 is 2.55 bits per heavy atom. The number of aromatic amines is 1. The maximum atomic E-state index is 11.7. The second-order valence-electron chi connectivity index (χ2n) is 4.52. The molecule has 0 radical (unpaired) electrons. The van der Waals surface area contributed by atoms with E-state index in [0.717, 1.165) is 10.6 Å². The molecule has 5 N–H and O–H groups in total. The summed E-state index contributed by atoms with van der Waals surface area (Å²) in [6.07, 6.45) is 0.786. The van der Waals surface area contributed by atoms with Crippen LogP contribution in [0.5, 0.6) is 0 Å². The van der Waals surface area contributed by atoms with Crippen molar-refractivity contribution >= 4 is 17.8 Å². The Labute approximate surface area is 123 Å². The van der Waals surface area contributed by atoms with Gasteiger partial charge in [-0.3, -0.25) is 19.4 Å². The third-order valence-electron chi connectivity index (χ3n) is 2.79. The van der Waals surface area contributed by atoms with Gasteiger partial charge in [-0.15, -0.1) is 0 Å². The minimum atomic E-state index is -1.28. The Bertz CT molecular complexity index is 677. The number of amides is 2. The highest BCUT2D eigenvalue weighted by atomic mass is 16.4. The number of hydrogen-bond acceptors (Lipinski definition) is 5. The number of carboxylic acid groups (broad SMARTS) is 1. The molecule has 10 heteroatoms. The zero-order valence-corrected chi connectivity index (χ0v) is 11.6. The van der Waals surface area contributed by atoms with Crippen molar-refractivity contribution in [1.29, 1.82) is 0 Å². The van der Waals surface area contributed by atoms with Crippen LogP contribution >= 0.6 is 0 Å². The Morgan fingerprint density at radius 1 is 1.32 bits per heavy atom. The Kier molecular flexibility index (Phi) is 6.05. The van der Waals surface area contributed by atoms with Gasteiger partial charge < -0.3 is 20.7 Å². The average molecular weight is 312 g/mol. The van der Waals surface area contributed by atoms with Crippen LogP contribution in [0.2, 0.25) is 0 Å². The maximum absolute atomic E-state index is 11.7. The number of carbonyl (C=O) groups excluding carboxylic acids is 2. The largest absolute Gasteiger partial charge is 0.480 e. The van der Waals surface area contributed by atoms with Gasteiger partial charge in [-0.05, 0) is 6.42 Å². The van der Waals surface area contributed by atoms with Crippen LogP contribution in [0.1, 0.15) is 19.3 Å². The van der Waals surface area contributed by atoms with Crippen molar-refractivity contribution in [3.63, 3.8) is 0 Å². The smallest absolute Gasteiger partial charge is 0.328 e. The highest BCUT2D eigenvalue weighted by molar-refractivity contribution is 5.84. The summed E-state index contributed by atoms with van der Waals surface area (Å²) in [6, 6.07) is -0.0982. The minimum absolute atomic E-state index is 0.0242. The molecule has 1 rings (SSSR count). The Morgan fingerprint density at radius 2 is 2.00 bits per heavy atom. The van der Waals surface area contributed by atoms with Crippen molar-refractivity contribution in [3.05, 3.63) is 33.1 Å². The normalized spacial score (nSPS) is 11.6. The molecule has 0 bridgehead atoms. The Balaban J connectivity index is 2.56. The summed E-state index contributed by atoms with van der Waals surface area (Å²) in [5.41, 5.74) is 3.71. The molecule has 1 atom stereocenters. The van der Waals surface area contributed by atoms with Crippen LogP contribution in [0, 0.1) is 0 Å². The zero-order valence-electron chi connectivity index (χ0n) is 11.6. The summed E-state index contributed by atoms with van der Waals surface area (Å²) >= 11 is 0. The fourth-order valence-electron chi connectivity index (χ4n) is 1.65. The van der Waals surface area contributed by atoms with E-state index < -0.39 is 35.1 Å². The quantitative estimate of drug-likeness (QED) is 0.424. The first-order valence-corrected chi connectivity index (χ1v) is 6.40. The van der Waals surface area contributed by atoms with Crippen LogP contribution in [0.25, 0.3) is 0 Å². The van der Waals surface area contributed by atoms with E-state index in [0.29, 0.717) is 0 Å². The Hall–Kier alpha value is -2.91. The number of aryl methyl sites for hydroxylation is 1. The van der Waals surface area contributed by atoms with E-state index in [1.807, 2.05) is 4.98 Å². The predicted octanol–water partition coefficient (Wildman–Crippen LogP) is -2.24. The fourth-order valence-corrected chi connectivity index (χ4v) is 1.65. The number of rotatable bonds is 8. The number of nitrogens with zero attached hydrogens (tertiary/aromatic N) is 1. The molecule has 10 nitrogen and oxygen atoms in total. The van der Waals surface area contributed by atoms with Crippen molar-refractivity contribution in [2.45, 2.75) is 31.8 Å². The summed E-state index contributed by atoms with van der Waals surface area (Å²) in [5, 5.41) is 11.2. The van der Waals surface area contributed by atoms with E-state index in [-0.39, 0.29) is 25.8 Å². The third-order valence-corrected chi connectivity index (χ3v) is 2.79. The second-order valence-corrected chi connectivity index (χ2v) is 4.52. The van der Waals surface area contributed by atoms with E-state index >= 15 is 0 Å². The van der Waals surface area contributed by atoms with E-state index in [4.69, 9.17) is 10.8 Å². The van der Waals surface area contributed by atoms with E-state index in [1.165, 1.54) is 6.20 Å². The molecule has 1 aromatic rings. The highest BCUT2D eigenvalue weighted by Gasteiger charge is 2.20. The van der Waals surface area contributed by atoms with Crippen LogP contribution in [0.3, 0.4) is 0 Å². The molecule has 0 aliphatic rings. The van der Waals surface area contributed by atoms with E-state index in [2.05, 4.69) is 5.32 Å². The van der Waals surface area contributed by atoms with E-state index in [9.17, 15) is 24.0 Å². The molecule has 120 valence electrons. The van der Waals surface area contributed by atoms with Gasteiger partial charge in [0.15, 0.2) is 0 Å². The first-order valence-electron chi connectivity index (χ1n) is 6.40. The highest BCUT2D eigenvalue weighted by Crippen LogP contribution is 1.98. The monoisotopic (exact) mass is 312 g/mol. The summed E-state index contributed by atoms with van der Waals surface area (Å²) < 4.78 is 1.11. The average Bonchev–Trinajstić information content (AvgIpc) is 2.41. The van der Waals surface area contributed by atoms with Crippen LogP contribution in [-0.4, -0.2) is 38.5 Å². The van der Waals surface area contributed by atoms with Gasteiger partial charge in [0.1, 0.15) is 6.04 Å². The van der Waals surface area contributed by atoms with Crippen LogP contribution in [0.15, 0.2) is 21.9 Å². The van der Waals surface area contributed by atoms with Gasteiger partial charge in [-0.2, -0.15) is 0 Å².